The summed E-state index contributed by atoms with van der Waals surface area (Å²) in [4.78, 5) is 25.1. The Morgan fingerprint density at radius 2 is 1.67 bits per heavy atom. The number of anilines is 3. The average molecular weight is 451 g/mol. The number of aromatic nitrogens is 3. The number of carbonyl (C=O) groups excluding carboxylic acids is 1. The predicted molar refractivity (Wildman–Crippen MR) is 116 cm³/mol. The maximum Gasteiger partial charge on any atom is 0.573 e. The number of ether oxygens (including phenoxy) is 1. The fourth-order valence-corrected chi connectivity index (χ4v) is 2.96. The Bertz CT molecular complexity index is 1250. The highest BCUT2D eigenvalue weighted by Gasteiger charge is 2.30. The van der Waals surface area contributed by atoms with Crippen LogP contribution >= 0.6 is 0 Å². The smallest absolute Gasteiger partial charge is 0.406 e. The molecule has 0 spiro atoms. The van der Waals surface area contributed by atoms with Crippen molar-refractivity contribution in [3.05, 3.63) is 91.0 Å². The average Bonchev–Trinajstić information content (AvgIpc) is 2.80. The van der Waals surface area contributed by atoms with Crippen molar-refractivity contribution in [2.24, 2.45) is 0 Å². The van der Waals surface area contributed by atoms with E-state index < -0.39 is 12.3 Å². The molecule has 10 heteroatoms. The minimum atomic E-state index is -4.77. The molecular weight excluding hydrogens is 435 g/mol. The molecule has 2 heterocycles. The first kappa shape index (κ1) is 21.8. The molecule has 0 unspecified atom stereocenters. The first-order valence-electron chi connectivity index (χ1n) is 9.64. The molecule has 1 amide bonds. The van der Waals surface area contributed by atoms with Crippen LogP contribution in [0.15, 0.2) is 85.3 Å². The number of hydrogen-bond donors (Lipinski definition) is 2. The molecule has 0 atom stereocenters. The van der Waals surface area contributed by atoms with Gasteiger partial charge >= 0.3 is 6.36 Å². The molecular formula is C23H16F3N5O2. The molecule has 4 aromatic rings. The van der Waals surface area contributed by atoms with Crippen LogP contribution in [-0.4, -0.2) is 27.2 Å². The Kier molecular flexibility index (Phi) is 6.16. The number of rotatable bonds is 6. The normalized spacial score (nSPS) is 11.0. The van der Waals surface area contributed by atoms with Crippen LogP contribution in [0.3, 0.4) is 0 Å². The van der Waals surface area contributed by atoms with E-state index >= 15 is 0 Å². The van der Waals surface area contributed by atoms with Gasteiger partial charge < -0.3 is 15.4 Å². The SMILES string of the molecule is O=C(Nc1cnccc1-c1ccccc1)c1ccnc(Nc2ccc(OC(F)(F)F)cc2)n1. The minimum Gasteiger partial charge on any atom is -0.406 e. The summed E-state index contributed by atoms with van der Waals surface area (Å²) in [6, 6.07) is 17.8. The summed E-state index contributed by atoms with van der Waals surface area (Å²) >= 11 is 0. The molecule has 0 aliphatic rings. The van der Waals surface area contributed by atoms with Crippen LogP contribution in [0.25, 0.3) is 11.1 Å². The lowest BCUT2D eigenvalue weighted by Crippen LogP contribution is -2.17. The number of pyridine rings is 1. The Labute approximate surface area is 186 Å². The van der Waals surface area contributed by atoms with Gasteiger partial charge in [-0.3, -0.25) is 9.78 Å². The number of nitrogens with zero attached hydrogens (tertiary/aromatic N) is 3. The molecule has 7 nitrogen and oxygen atoms in total. The van der Waals surface area contributed by atoms with E-state index in [0.717, 1.165) is 23.3 Å². The summed E-state index contributed by atoms with van der Waals surface area (Å²) in [5.74, 6) is -0.728. The molecule has 2 aromatic carbocycles. The lowest BCUT2D eigenvalue weighted by Gasteiger charge is -2.11. The monoisotopic (exact) mass is 451 g/mol. The zero-order valence-electron chi connectivity index (χ0n) is 16.9. The van der Waals surface area contributed by atoms with Crippen LogP contribution in [-0.2, 0) is 0 Å². The minimum absolute atomic E-state index is 0.0902. The van der Waals surface area contributed by atoms with Crippen LogP contribution in [0.4, 0.5) is 30.5 Å². The number of amides is 1. The quantitative estimate of drug-likeness (QED) is 0.406. The third-order valence-corrected chi connectivity index (χ3v) is 4.39. The number of alkyl halides is 3. The second-order valence-electron chi connectivity index (χ2n) is 6.70. The summed E-state index contributed by atoms with van der Waals surface area (Å²) in [5.41, 5.74) is 2.74. The molecule has 0 aliphatic carbocycles. The fourth-order valence-electron chi connectivity index (χ4n) is 2.96. The molecule has 166 valence electrons. The van der Waals surface area contributed by atoms with Crippen LogP contribution in [0.5, 0.6) is 5.75 Å². The molecule has 33 heavy (non-hydrogen) atoms. The molecule has 2 N–H and O–H groups in total. The van der Waals surface area contributed by atoms with Gasteiger partial charge in [0.25, 0.3) is 5.91 Å². The van der Waals surface area contributed by atoms with Crippen molar-refractivity contribution < 1.29 is 22.7 Å². The van der Waals surface area contributed by atoms with E-state index in [-0.39, 0.29) is 17.4 Å². The zero-order chi connectivity index (χ0) is 23.3. The first-order chi connectivity index (χ1) is 15.9. The maximum absolute atomic E-state index is 12.8. The first-order valence-corrected chi connectivity index (χ1v) is 9.64. The zero-order valence-corrected chi connectivity index (χ0v) is 16.9. The van der Waals surface area contributed by atoms with E-state index in [1.165, 1.54) is 24.4 Å². The van der Waals surface area contributed by atoms with Crippen LogP contribution in [0, 0.1) is 0 Å². The van der Waals surface area contributed by atoms with Crippen LogP contribution < -0.4 is 15.4 Å². The molecule has 2 aromatic heterocycles. The molecule has 0 saturated carbocycles. The van der Waals surface area contributed by atoms with Gasteiger partial charge in [0.05, 0.1) is 11.9 Å². The fraction of sp³-hybridized carbons (Fsp3) is 0.0435. The summed E-state index contributed by atoms with van der Waals surface area (Å²) in [5, 5.41) is 5.64. The number of carbonyl (C=O) groups is 1. The number of nitrogens with one attached hydrogen (secondary N) is 2. The maximum atomic E-state index is 12.8. The Balaban J connectivity index is 1.48. The molecule has 0 saturated heterocycles. The van der Waals surface area contributed by atoms with E-state index in [2.05, 4.69) is 30.3 Å². The Morgan fingerprint density at radius 3 is 2.39 bits per heavy atom. The van der Waals surface area contributed by atoms with Gasteiger partial charge in [0.2, 0.25) is 5.95 Å². The van der Waals surface area contributed by atoms with E-state index in [9.17, 15) is 18.0 Å². The molecule has 0 bridgehead atoms. The van der Waals surface area contributed by atoms with Gasteiger partial charge in [0.1, 0.15) is 11.4 Å². The lowest BCUT2D eigenvalue weighted by atomic mass is 10.1. The van der Waals surface area contributed by atoms with Crippen molar-refractivity contribution in [2.45, 2.75) is 6.36 Å². The molecule has 0 aliphatic heterocycles. The summed E-state index contributed by atoms with van der Waals surface area (Å²) < 4.78 is 40.7. The van der Waals surface area contributed by atoms with E-state index in [1.807, 2.05) is 30.3 Å². The van der Waals surface area contributed by atoms with Crippen molar-refractivity contribution in [1.82, 2.24) is 15.0 Å². The number of halogens is 3. The number of hydrogen-bond acceptors (Lipinski definition) is 6. The van der Waals surface area contributed by atoms with Crippen molar-refractivity contribution in [3.63, 3.8) is 0 Å². The molecule has 0 fully saturated rings. The van der Waals surface area contributed by atoms with Crippen molar-refractivity contribution >= 4 is 23.2 Å². The third kappa shape index (κ3) is 5.82. The Morgan fingerprint density at radius 1 is 0.909 bits per heavy atom. The summed E-state index contributed by atoms with van der Waals surface area (Å²) in [6.07, 6.45) is -0.192. The van der Waals surface area contributed by atoms with Crippen molar-refractivity contribution in [1.29, 1.82) is 0 Å². The highest BCUT2D eigenvalue weighted by Crippen LogP contribution is 2.27. The predicted octanol–water partition coefficient (Wildman–Crippen LogP) is 5.43. The second kappa shape index (κ2) is 9.35. The van der Waals surface area contributed by atoms with Gasteiger partial charge in [-0.1, -0.05) is 30.3 Å². The Hall–Kier alpha value is -4.47. The van der Waals surface area contributed by atoms with Gasteiger partial charge in [-0.2, -0.15) is 0 Å². The van der Waals surface area contributed by atoms with Gasteiger partial charge in [0, 0.05) is 23.6 Å². The summed E-state index contributed by atoms with van der Waals surface area (Å²) in [6.45, 7) is 0. The molecule has 4 rings (SSSR count). The van der Waals surface area contributed by atoms with E-state index in [1.54, 1.807) is 18.5 Å². The number of benzene rings is 2. The molecule has 0 radical (unpaired) electrons. The van der Waals surface area contributed by atoms with Gasteiger partial charge in [-0.15, -0.1) is 13.2 Å². The van der Waals surface area contributed by atoms with Crippen LogP contribution in [0.2, 0.25) is 0 Å². The van der Waals surface area contributed by atoms with Gasteiger partial charge in [0.15, 0.2) is 0 Å². The van der Waals surface area contributed by atoms with Crippen LogP contribution in [0.1, 0.15) is 10.5 Å². The highest BCUT2D eigenvalue weighted by molar-refractivity contribution is 6.05. The van der Waals surface area contributed by atoms with E-state index in [4.69, 9.17) is 0 Å². The lowest BCUT2D eigenvalue weighted by molar-refractivity contribution is -0.274. The third-order valence-electron chi connectivity index (χ3n) is 4.39. The highest BCUT2D eigenvalue weighted by atomic mass is 19.4. The largest absolute Gasteiger partial charge is 0.573 e. The topological polar surface area (TPSA) is 89.0 Å². The van der Waals surface area contributed by atoms with Crippen molar-refractivity contribution in [2.75, 3.05) is 10.6 Å². The standard InChI is InChI=1S/C23H16F3N5O2/c24-23(25,26)33-17-8-6-16(7-9-17)29-22-28-13-11-19(31-22)21(32)30-20-14-27-12-10-18(20)15-4-2-1-3-5-15/h1-14H,(H,30,32)(H,28,29,31). The van der Waals surface area contributed by atoms with E-state index in [0.29, 0.717) is 11.4 Å². The van der Waals surface area contributed by atoms with Crippen molar-refractivity contribution in [3.8, 4) is 16.9 Å². The summed E-state index contributed by atoms with van der Waals surface area (Å²) in [7, 11) is 0. The second-order valence-corrected chi connectivity index (χ2v) is 6.70. The van der Waals surface area contributed by atoms with Gasteiger partial charge in [-0.25, -0.2) is 9.97 Å². The van der Waals surface area contributed by atoms with Gasteiger partial charge in [-0.05, 0) is 42.0 Å².